The molecule has 0 unspecified atom stereocenters. The van der Waals surface area contributed by atoms with Gasteiger partial charge in [0.25, 0.3) is 5.79 Å². The molecule has 0 atom stereocenters. The molecule has 1 amide bonds. The molecular formula is C20H21NO5. The molecule has 1 aromatic carbocycles. The van der Waals surface area contributed by atoms with E-state index in [-0.39, 0.29) is 11.5 Å². The summed E-state index contributed by atoms with van der Waals surface area (Å²) in [7, 11) is 0. The number of allylic oxidation sites excluding steroid dienone is 4. The predicted octanol–water partition coefficient (Wildman–Crippen LogP) is 3.26. The van der Waals surface area contributed by atoms with E-state index in [9.17, 15) is 14.4 Å². The van der Waals surface area contributed by atoms with Crippen molar-refractivity contribution in [2.45, 2.75) is 33.0 Å². The van der Waals surface area contributed by atoms with Gasteiger partial charge in [0.05, 0.1) is 0 Å². The molecule has 0 spiro atoms. The number of amides is 1. The number of esters is 2. The third kappa shape index (κ3) is 4.69. The van der Waals surface area contributed by atoms with Gasteiger partial charge in [-0.2, -0.15) is 0 Å². The lowest BCUT2D eigenvalue weighted by atomic mass is 10.1. The maximum Gasteiger partial charge on any atom is 0.348 e. The van der Waals surface area contributed by atoms with E-state index in [0.29, 0.717) is 6.42 Å². The Labute approximate surface area is 152 Å². The third-order valence-electron chi connectivity index (χ3n) is 3.79. The van der Waals surface area contributed by atoms with Gasteiger partial charge in [0.2, 0.25) is 5.91 Å². The summed E-state index contributed by atoms with van der Waals surface area (Å²) in [6.45, 7) is 4.76. The lowest BCUT2D eigenvalue weighted by Crippen LogP contribution is -2.43. The fraction of sp³-hybridized carbons (Fsp3) is 0.250. The Balaban J connectivity index is 2.07. The van der Waals surface area contributed by atoms with Crippen molar-refractivity contribution >= 4 is 23.5 Å². The number of hydrogen-bond donors (Lipinski definition) is 0. The van der Waals surface area contributed by atoms with Crippen LogP contribution in [-0.4, -0.2) is 23.6 Å². The zero-order valence-corrected chi connectivity index (χ0v) is 15.0. The molecule has 0 bridgehead atoms. The number of carbonyl (C=O) groups is 3. The van der Waals surface area contributed by atoms with Crippen LogP contribution in [-0.2, 0) is 23.9 Å². The van der Waals surface area contributed by atoms with Crippen molar-refractivity contribution in [1.29, 1.82) is 0 Å². The summed E-state index contributed by atoms with van der Waals surface area (Å²) in [6.07, 6.45) is 8.02. The van der Waals surface area contributed by atoms with Gasteiger partial charge in [-0.05, 0) is 24.3 Å². The summed E-state index contributed by atoms with van der Waals surface area (Å²) < 4.78 is 10.3. The van der Waals surface area contributed by atoms with E-state index >= 15 is 0 Å². The van der Waals surface area contributed by atoms with Gasteiger partial charge in [0.1, 0.15) is 5.57 Å². The summed E-state index contributed by atoms with van der Waals surface area (Å²) in [5.74, 6) is -2.78. The van der Waals surface area contributed by atoms with Crippen molar-refractivity contribution in [3.8, 4) is 0 Å². The smallest absolute Gasteiger partial charge is 0.348 e. The van der Waals surface area contributed by atoms with Crippen LogP contribution in [0.4, 0.5) is 5.69 Å². The molecule has 6 heteroatoms. The van der Waals surface area contributed by atoms with E-state index in [2.05, 4.69) is 0 Å². The minimum Gasteiger partial charge on any atom is -0.419 e. The maximum absolute atomic E-state index is 11.9. The Morgan fingerprint density at radius 2 is 1.69 bits per heavy atom. The minimum absolute atomic E-state index is 0.141. The van der Waals surface area contributed by atoms with Crippen LogP contribution < -0.4 is 4.90 Å². The topological polar surface area (TPSA) is 72.9 Å². The van der Waals surface area contributed by atoms with Crippen molar-refractivity contribution in [3.05, 3.63) is 66.4 Å². The van der Waals surface area contributed by atoms with Crippen molar-refractivity contribution in [2.24, 2.45) is 0 Å². The quantitative estimate of drug-likeness (QED) is 0.351. The molecule has 0 saturated carbocycles. The van der Waals surface area contributed by atoms with Gasteiger partial charge in [-0.25, -0.2) is 9.59 Å². The largest absolute Gasteiger partial charge is 0.419 e. The number of hydrogen-bond acceptors (Lipinski definition) is 5. The zero-order chi connectivity index (χ0) is 19.2. The minimum atomic E-state index is -1.22. The fourth-order valence-corrected chi connectivity index (χ4v) is 2.20. The highest BCUT2D eigenvalue weighted by Gasteiger charge is 2.40. The van der Waals surface area contributed by atoms with Crippen LogP contribution in [0.15, 0.2) is 66.4 Å². The normalized spacial score (nSPS) is 20.2. The lowest BCUT2D eigenvalue weighted by molar-refractivity contribution is -0.229. The monoisotopic (exact) mass is 355 g/mol. The predicted molar refractivity (Wildman–Crippen MR) is 96.8 cm³/mol. The second-order valence-electron chi connectivity index (χ2n) is 5.80. The van der Waals surface area contributed by atoms with Crippen LogP contribution in [0.2, 0.25) is 0 Å². The van der Waals surface area contributed by atoms with Crippen LogP contribution in [0.25, 0.3) is 0 Å². The van der Waals surface area contributed by atoms with Gasteiger partial charge in [-0.3, -0.25) is 9.69 Å². The summed E-state index contributed by atoms with van der Waals surface area (Å²) in [5, 5.41) is 0. The first-order chi connectivity index (χ1) is 12.4. The highest BCUT2D eigenvalue weighted by molar-refractivity contribution is 6.15. The molecule has 1 aliphatic heterocycles. The molecule has 0 N–H and O–H groups in total. The molecule has 136 valence electrons. The average Bonchev–Trinajstić information content (AvgIpc) is 2.60. The van der Waals surface area contributed by atoms with E-state index in [0.717, 1.165) is 5.69 Å². The van der Waals surface area contributed by atoms with E-state index in [1.807, 2.05) is 30.3 Å². The van der Waals surface area contributed by atoms with E-state index in [4.69, 9.17) is 9.47 Å². The first-order valence-corrected chi connectivity index (χ1v) is 8.23. The van der Waals surface area contributed by atoms with Crippen LogP contribution in [0.1, 0.15) is 27.2 Å². The summed E-state index contributed by atoms with van der Waals surface area (Å²) in [6, 6.07) is 9.17. The number of ether oxygens (including phenoxy) is 2. The molecule has 1 heterocycles. The molecule has 0 aliphatic carbocycles. The summed E-state index contributed by atoms with van der Waals surface area (Å²) >= 11 is 0. The number of para-hydroxylation sites is 1. The van der Waals surface area contributed by atoms with Gasteiger partial charge >= 0.3 is 11.9 Å². The average molecular weight is 355 g/mol. The van der Waals surface area contributed by atoms with E-state index in [1.165, 1.54) is 30.9 Å². The van der Waals surface area contributed by atoms with Gasteiger partial charge < -0.3 is 9.47 Å². The summed E-state index contributed by atoms with van der Waals surface area (Å²) in [4.78, 5) is 37.1. The molecule has 1 fully saturated rings. The van der Waals surface area contributed by atoms with Crippen LogP contribution >= 0.6 is 0 Å². The molecule has 0 aromatic heterocycles. The van der Waals surface area contributed by atoms with Crippen molar-refractivity contribution in [3.63, 3.8) is 0 Å². The molecular weight excluding hydrogens is 334 g/mol. The number of nitrogens with zero attached hydrogens (tertiary/aromatic N) is 1. The first-order valence-electron chi connectivity index (χ1n) is 8.23. The molecule has 1 saturated heterocycles. The van der Waals surface area contributed by atoms with Gasteiger partial charge in [-0.15, -0.1) is 0 Å². The first kappa shape index (κ1) is 19.2. The third-order valence-corrected chi connectivity index (χ3v) is 3.79. The Bertz CT molecular complexity index is 757. The van der Waals surface area contributed by atoms with Crippen LogP contribution in [0.5, 0.6) is 0 Å². The Morgan fingerprint density at radius 1 is 1.08 bits per heavy atom. The van der Waals surface area contributed by atoms with Gasteiger partial charge in [0.15, 0.2) is 0 Å². The molecule has 26 heavy (non-hydrogen) atoms. The Hall–Kier alpha value is -3.15. The number of benzene rings is 1. The maximum atomic E-state index is 11.9. The SMILES string of the molecule is CCC1(C)OC(=O)C(=CC=CC=CN(C(C)=O)c2ccccc2)C(=O)O1. The fourth-order valence-electron chi connectivity index (χ4n) is 2.20. The standard InChI is InChI=1S/C20H21NO5/c1-4-20(3)25-18(23)17(19(24)26-20)13-9-6-10-14-21(15(2)22)16-11-7-5-8-12-16/h5-14H,4H2,1-3H3. The Morgan fingerprint density at radius 3 is 2.23 bits per heavy atom. The number of cyclic esters (lactones) is 2. The zero-order valence-electron chi connectivity index (χ0n) is 15.0. The molecule has 1 aromatic rings. The highest BCUT2D eigenvalue weighted by Crippen LogP contribution is 2.26. The molecule has 1 aliphatic rings. The van der Waals surface area contributed by atoms with Crippen molar-refractivity contribution in [2.75, 3.05) is 4.90 Å². The highest BCUT2D eigenvalue weighted by atomic mass is 16.7. The number of anilines is 1. The van der Waals surface area contributed by atoms with Gasteiger partial charge in [0, 0.05) is 32.2 Å². The molecule has 0 radical (unpaired) electrons. The Kier molecular flexibility index (Phi) is 6.11. The molecule has 6 nitrogen and oxygen atoms in total. The second kappa shape index (κ2) is 8.29. The van der Waals surface area contributed by atoms with Crippen LogP contribution in [0, 0.1) is 0 Å². The lowest BCUT2D eigenvalue weighted by Gasteiger charge is -2.32. The van der Waals surface area contributed by atoms with Gasteiger partial charge in [-0.1, -0.05) is 37.3 Å². The summed E-state index contributed by atoms with van der Waals surface area (Å²) in [5.41, 5.74) is 0.563. The van der Waals surface area contributed by atoms with Crippen molar-refractivity contribution in [1.82, 2.24) is 0 Å². The van der Waals surface area contributed by atoms with Crippen molar-refractivity contribution < 1.29 is 23.9 Å². The second-order valence-corrected chi connectivity index (χ2v) is 5.80. The van der Waals surface area contributed by atoms with E-state index in [1.54, 1.807) is 25.3 Å². The number of rotatable bonds is 5. The number of carbonyl (C=O) groups excluding carboxylic acids is 3. The van der Waals surface area contributed by atoms with Crippen LogP contribution in [0.3, 0.4) is 0 Å². The molecule has 2 rings (SSSR count). The van der Waals surface area contributed by atoms with E-state index < -0.39 is 17.7 Å².